The molecule has 152 valence electrons. The number of para-hydroxylation sites is 1. The number of carbonyl (C=O) groups excluding carboxylic acids is 1. The van der Waals surface area contributed by atoms with E-state index in [1.54, 1.807) is 0 Å². The number of amides is 1. The Labute approximate surface area is 177 Å². The SMILES string of the molecule is CC1=NN(c2ccccc2)C(=O)/C1=C/c1cc(C)n(-c2ccc(N(C)C)cc2)c1C. The first kappa shape index (κ1) is 19.7. The Bertz CT molecular complexity index is 1150. The summed E-state index contributed by atoms with van der Waals surface area (Å²) in [6, 6.07) is 20.1. The zero-order valence-electron chi connectivity index (χ0n) is 18.0. The number of hydrogen-bond acceptors (Lipinski definition) is 3. The molecule has 0 aliphatic carbocycles. The maximum Gasteiger partial charge on any atom is 0.280 e. The predicted octanol–water partition coefficient (Wildman–Crippen LogP) is 4.97. The van der Waals surface area contributed by atoms with Crippen LogP contribution in [0.2, 0.25) is 0 Å². The highest BCUT2D eigenvalue weighted by Gasteiger charge is 2.29. The summed E-state index contributed by atoms with van der Waals surface area (Å²) >= 11 is 0. The van der Waals surface area contributed by atoms with E-state index in [1.807, 2.05) is 57.4 Å². The Morgan fingerprint density at radius 1 is 0.900 bits per heavy atom. The fraction of sp³-hybridized carbons (Fsp3) is 0.200. The average Bonchev–Trinajstić information content (AvgIpc) is 3.18. The number of hydrogen-bond donors (Lipinski definition) is 0. The largest absolute Gasteiger partial charge is 0.378 e. The molecule has 0 spiro atoms. The molecule has 1 aromatic heterocycles. The molecule has 2 aromatic carbocycles. The highest BCUT2D eigenvalue weighted by molar-refractivity contribution is 6.32. The van der Waals surface area contributed by atoms with Crippen LogP contribution < -0.4 is 9.91 Å². The van der Waals surface area contributed by atoms with E-state index in [0.717, 1.165) is 39.7 Å². The number of aryl methyl sites for hydroxylation is 1. The van der Waals surface area contributed by atoms with Gasteiger partial charge in [0.25, 0.3) is 5.91 Å². The van der Waals surface area contributed by atoms with E-state index in [2.05, 4.69) is 58.7 Å². The Hall–Kier alpha value is -3.60. The Kier molecular flexibility index (Phi) is 5.04. The second-order valence-electron chi connectivity index (χ2n) is 7.77. The van der Waals surface area contributed by atoms with E-state index < -0.39 is 0 Å². The minimum atomic E-state index is -0.0983. The summed E-state index contributed by atoms with van der Waals surface area (Å²) in [7, 11) is 4.07. The zero-order chi connectivity index (χ0) is 21.4. The number of carbonyl (C=O) groups is 1. The molecule has 3 aromatic rings. The van der Waals surface area contributed by atoms with Gasteiger partial charge in [0.2, 0.25) is 0 Å². The highest BCUT2D eigenvalue weighted by Crippen LogP contribution is 2.28. The van der Waals surface area contributed by atoms with Gasteiger partial charge in [0.15, 0.2) is 0 Å². The first-order valence-electron chi connectivity index (χ1n) is 10.0. The molecule has 1 aliphatic rings. The lowest BCUT2D eigenvalue weighted by Gasteiger charge is -2.15. The molecule has 0 saturated carbocycles. The quantitative estimate of drug-likeness (QED) is 0.583. The van der Waals surface area contributed by atoms with E-state index in [4.69, 9.17) is 0 Å². The summed E-state index contributed by atoms with van der Waals surface area (Å²) in [5, 5.41) is 5.95. The first-order valence-corrected chi connectivity index (χ1v) is 10.0. The standard InChI is InChI=1S/C25H26N4O/c1-17-15-20(19(3)28(17)22-13-11-21(12-14-22)27(4)5)16-24-18(2)26-29(25(24)30)23-9-7-6-8-10-23/h6-16H,1-5H3/b24-16+. The third-order valence-electron chi connectivity index (χ3n) is 5.46. The predicted molar refractivity (Wildman–Crippen MR) is 125 cm³/mol. The molecule has 0 unspecified atom stereocenters. The summed E-state index contributed by atoms with van der Waals surface area (Å²) in [6.07, 6.45) is 1.96. The van der Waals surface area contributed by atoms with Gasteiger partial charge in [-0.05, 0) is 74.9 Å². The molecule has 4 rings (SSSR count). The third-order valence-corrected chi connectivity index (χ3v) is 5.46. The molecule has 0 saturated heterocycles. The normalized spacial score (nSPS) is 15.1. The van der Waals surface area contributed by atoms with Crippen LogP contribution in [-0.4, -0.2) is 30.3 Å². The Balaban J connectivity index is 1.69. The van der Waals surface area contributed by atoms with Crippen molar-refractivity contribution < 1.29 is 4.79 Å². The van der Waals surface area contributed by atoms with Gasteiger partial charge in [-0.1, -0.05) is 18.2 Å². The molecular weight excluding hydrogens is 372 g/mol. The van der Waals surface area contributed by atoms with Crippen LogP contribution in [0.3, 0.4) is 0 Å². The van der Waals surface area contributed by atoms with Gasteiger partial charge in [-0.15, -0.1) is 0 Å². The third kappa shape index (κ3) is 3.43. The molecule has 2 heterocycles. The lowest BCUT2D eigenvalue weighted by molar-refractivity contribution is -0.114. The number of benzene rings is 2. The molecule has 0 fully saturated rings. The summed E-state index contributed by atoms with van der Waals surface area (Å²) < 4.78 is 2.21. The Morgan fingerprint density at radius 2 is 1.57 bits per heavy atom. The molecule has 0 radical (unpaired) electrons. The fourth-order valence-corrected chi connectivity index (χ4v) is 3.81. The Morgan fingerprint density at radius 3 is 2.20 bits per heavy atom. The maximum absolute atomic E-state index is 13.0. The molecule has 5 heteroatoms. The van der Waals surface area contributed by atoms with Crippen LogP contribution in [-0.2, 0) is 4.79 Å². The molecule has 0 bridgehead atoms. The lowest BCUT2D eigenvalue weighted by atomic mass is 10.1. The summed E-state index contributed by atoms with van der Waals surface area (Å²) in [4.78, 5) is 15.1. The van der Waals surface area contributed by atoms with E-state index in [0.29, 0.717) is 5.57 Å². The summed E-state index contributed by atoms with van der Waals surface area (Å²) in [5.74, 6) is -0.0983. The zero-order valence-corrected chi connectivity index (χ0v) is 18.0. The van der Waals surface area contributed by atoms with Crippen molar-refractivity contribution >= 4 is 29.1 Å². The summed E-state index contributed by atoms with van der Waals surface area (Å²) in [5.41, 5.74) is 7.63. The van der Waals surface area contributed by atoms with Gasteiger partial charge >= 0.3 is 0 Å². The van der Waals surface area contributed by atoms with E-state index >= 15 is 0 Å². The lowest BCUT2D eigenvalue weighted by Crippen LogP contribution is -2.21. The van der Waals surface area contributed by atoms with Crippen molar-refractivity contribution in [3.05, 3.63) is 83.2 Å². The van der Waals surface area contributed by atoms with Crippen molar-refractivity contribution in [1.82, 2.24) is 4.57 Å². The fourth-order valence-electron chi connectivity index (χ4n) is 3.81. The summed E-state index contributed by atoms with van der Waals surface area (Å²) in [6.45, 7) is 6.05. The van der Waals surface area contributed by atoms with Crippen LogP contribution in [0.15, 0.2) is 71.3 Å². The second-order valence-corrected chi connectivity index (χ2v) is 7.77. The number of aromatic nitrogens is 1. The van der Waals surface area contributed by atoms with Crippen LogP contribution in [0, 0.1) is 13.8 Å². The van der Waals surface area contributed by atoms with Crippen molar-refractivity contribution in [2.75, 3.05) is 24.0 Å². The molecule has 1 amide bonds. The number of hydrazone groups is 1. The molecular formula is C25H26N4O. The molecule has 30 heavy (non-hydrogen) atoms. The number of nitrogens with zero attached hydrogens (tertiary/aromatic N) is 4. The molecule has 5 nitrogen and oxygen atoms in total. The van der Waals surface area contributed by atoms with E-state index in [-0.39, 0.29) is 5.91 Å². The van der Waals surface area contributed by atoms with E-state index in [9.17, 15) is 4.79 Å². The van der Waals surface area contributed by atoms with Crippen molar-refractivity contribution in [2.45, 2.75) is 20.8 Å². The van der Waals surface area contributed by atoms with Gasteiger partial charge in [-0.3, -0.25) is 4.79 Å². The van der Waals surface area contributed by atoms with Crippen molar-refractivity contribution in [3.8, 4) is 5.69 Å². The first-order chi connectivity index (χ1) is 14.4. The van der Waals surface area contributed by atoms with Gasteiger partial charge in [0.05, 0.1) is 17.0 Å². The topological polar surface area (TPSA) is 40.8 Å². The number of rotatable bonds is 4. The van der Waals surface area contributed by atoms with Gasteiger partial charge in [0, 0.05) is 36.9 Å². The highest BCUT2D eigenvalue weighted by atomic mass is 16.2. The smallest absolute Gasteiger partial charge is 0.280 e. The minimum Gasteiger partial charge on any atom is -0.378 e. The van der Waals surface area contributed by atoms with Crippen LogP contribution in [0.5, 0.6) is 0 Å². The molecule has 0 atom stereocenters. The van der Waals surface area contributed by atoms with Gasteiger partial charge in [0.1, 0.15) is 0 Å². The monoisotopic (exact) mass is 398 g/mol. The van der Waals surface area contributed by atoms with Crippen LogP contribution in [0.25, 0.3) is 11.8 Å². The van der Waals surface area contributed by atoms with Crippen LogP contribution in [0.4, 0.5) is 11.4 Å². The van der Waals surface area contributed by atoms with Gasteiger partial charge in [-0.25, -0.2) is 0 Å². The van der Waals surface area contributed by atoms with Gasteiger partial charge < -0.3 is 9.47 Å². The second kappa shape index (κ2) is 7.67. The van der Waals surface area contributed by atoms with Crippen LogP contribution >= 0.6 is 0 Å². The maximum atomic E-state index is 13.0. The molecule has 1 aliphatic heterocycles. The van der Waals surface area contributed by atoms with Crippen LogP contribution in [0.1, 0.15) is 23.9 Å². The van der Waals surface area contributed by atoms with Crippen molar-refractivity contribution in [2.24, 2.45) is 5.10 Å². The van der Waals surface area contributed by atoms with E-state index in [1.165, 1.54) is 5.01 Å². The van der Waals surface area contributed by atoms with Crippen molar-refractivity contribution in [3.63, 3.8) is 0 Å². The molecule has 0 N–H and O–H groups in total. The van der Waals surface area contributed by atoms with Gasteiger partial charge in [-0.2, -0.15) is 10.1 Å². The number of anilines is 2. The van der Waals surface area contributed by atoms with Crippen molar-refractivity contribution in [1.29, 1.82) is 0 Å². The minimum absolute atomic E-state index is 0.0983. The average molecular weight is 399 g/mol.